The molecule has 0 saturated carbocycles. The van der Waals surface area contributed by atoms with Crippen LogP contribution >= 0.6 is 23.4 Å². The van der Waals surface area contributed by atoms with Crippen molar-refractivity contribution in [3.63, 3.8) is 0 Å². The molecule has 0 amide bonds. The molecular weight excluding hydrogens is 254 g/mol. The number of nitrogens with one attached hydrogen (secondary N) is 1. The molecule has 2 nitrogen and oxygen atoms in total. The molecule has 0 fully saturated rings. The summed E-state index contributed by atoms with van der Waals surface area (Å²) in [6, 6.07) is 6.24. The van der Waals surface area contributed by atoms with Gasteiger partial charge >= 0.3 is 0 Å². The monoisotopic (exact) mass is 273 g/mol. The highest BCUT2D eigenvalue weighted by Crippen LogP contribution is 2.26. The predicted octanol–water partition coefficient (Wildman–Crippen LogP) is 3.58. The molecule has 1 aromatic carbocycles. The van der Waals surface area contributed by atoms with E-state index in [0.29, 0.717) is 6.04 Å². The average molecular weight is 274 g/mol. The van der Waals surface area contributed by atoms with Crippen molar-refractivity contribution in [3.8, 4) is 5.75 Å². The Bertz CT molecular complexity index is 344. The van der Waals surface area contributed by atoms with E-state index in [1.807, 2.05) is 18.2 Å². The zero-order valence-corrected chi connectivity index (χ0v) is 12.2. The first kappa shape index (κ1) is 14.7. The van der Waals surface area contributed by atoms with Crippen LogP contribution < -0.4 is 10.1 Å². The van der Waals surface area contributed by atoms with Crippen molar-refractivity contribution >= 4 is 23.4 Å². The molecule has 96 valence electrons. The maximum atomic E-state index is 6.20. The summed E-state index contributed by atoms with van der Waals surface area (Å²) >= 11 is 7.98. The van der Waals surface area contributed by atoms with Gasteiger partial charge in [0.05, 0.1) is 6.61 Å². The van der Waals surface area contributed by atoms with E-state index in [9.17, 15) is 0 Å². The summed E-state index contributed by atoms with van der Waals surface area (Å²) in [6.07, 6.45) is 2.07. The molecule has 4 heteroatoms. The summed E-state index contributed by atoms with van der Waals surface area (Å²) in [5.74, 6) is 1.88. The lowest BCUT2D eigenvalue weighted by Crippen LogP contribution is -2.22. The second kappa shape index (κ2) is 7.85. The van der Waals surface area contributed by atoms with E-state index in [1.165, 1.54) is 0 Å². The van der Waals surface area contributed by atoms with Crippen molar-refractivity contribution in [2.75, 3.05) is 18.6 Å². The van der Waals surface area contributed by atoms with E-state index in [2.05, 4.69) is 25.4 Å². The largest absolute Gasteiger partial charge is 0.492 e. The minimum Gasteiger partial charge on any atom is -0.492 e. The van der Waals surface area contributed by atoms with Gasteiger partial charge in [-0.2, -0.15) is 11.8 Å². The van der Waals surface area contributed by atoms with Gasteiger partial charge in [-0.25, -0.2) is 0 Å². The number of benzene rings is 1. The van der Waals surface area contributed by atoms with E-state index < -0.39 is 0 Å². The molecule has 0 aliphatic carbocycles. The Kier molecular flexibility index (Phi) is 6.78. The maximum Gasteiger partial charge on any atom is 0.125 e. The molecule has 0 radical (unpaired) electrons. The quantitative estimate of drug-likeness (QED) is 0.768. The first-order chi connectivity index (χ1) is 8.15. The molecule has 1 aromatic rings. The molecular formula is C13H20ClNOS. The molecule has 1 N–H and O–H groups in total. The first-order valence-corrected chi connectivity index (χ1v) is 7.55. The van der Waals surface area contributed by atoms with Gasteiger partial charge in [0.2, 0.25) is 0 Å². The Labute approximate surface area is 113 Å². The van der Waals surface area contributed by atoms with Crippen LogP contribution in [0.2, 0.25) is 5.02 Å². The lowest BCUT2D eigenvalue weighted by molar-refractivity contribution is 0.338. The van der Waals surface area contributed by atoms with Crippen LogP contribution in [0.3, 0.4) is 0 Å². The van der Waals surface area contributed by atoms with E-state index >= 15 is 0 Å². The summed E-state index contributed by atoms with van der Waals surface area (Å²) in [5.41, 5.74) is 1.05. The Balaban J connectivity index is 2.69. The van der Waals surface area contributed by atoms with Gasteiger partial charge in [0.15, 0.2) is 0 Å². The zero-order valence-electron chi connectivity index (χ0n) is 10.6. The normalized spacial score (nSPS) is 10.9. The van der Waals surface area contributed by atoms with Gasteiger partial charge < -0.3 is 10.1 Å². The Morgan fingerprint density at radius 1 is 1.41 bits per heavy atom. The van der Waals surface area contributed by atoms with Crippen molar-refractivity contribution in [1.29, 1.82) is 0 Å². The molecule has 17 heavy (non-hydrogen) atoms. The van der Waals surface area contributed by atoms with Crippen molar-refractivity contribution in [1.82, 2.24) is 5.32 Å². The highest BCUT2D eigenvalue weighted by molar-refractivity contribution is 7.98. The van der Waals surface area contributed by atoms with E-state index in [4.69, 9.17) is 16.3 Å². The third-order valence-corrected chi connectivity index (χ3v) is 3.24. The molecule has 1 rings (SSSR count). The van der Waals surface area contributed by atoms with Gasteiger partial charge in [-0.05, 0) is 18.4 Å². The van der Waals surface area contributed by atoms with Gasteiger partial charge in [-0.1, -0.05) is 31.5 Å². The van der Waals surface area contributed by atoms with Crippen molar-refractivity contribution in [3.05, 3.63) is 28.8 Å². The van der Waals surface area contributed by atoms with Crippen LogP contribution in [0.15, 0.2) is 18.2 Å². The molecule has 0 aliphatic heterocycles. The number of halogens is 1. The molecule has 0 aromatic heterocycles. The van der Waals surface area contributed by atoms with E-state index in [0.717, 1.165) is 35.2 Å². The van der Waals surface area contributed by atoms with Crippen molar-refractivity contribution in [2.45, 2.75) is 26.4 Å². The molecule has 0 aliphatic rings. The minimum absolute atomic E-state index is 0.435. The molecule has 0 unspecified atom stereocenters. The first-order valence-electron chi connectivity index (χ1n) is 5.77. The molecule has 0 bridgehead atoms. The zero-order chi connectivity index (χ0) is 12.7. The van der Waals surface area contributed by atoms with Gasteiger partial charge in [-0.3, -0.25) is 0 Å². The minimum atomic E-state index is 0.435. The lowest BCUT2D eigenvalue weighted by atomic mass is 10.2. The Morgan fingerprint density at radius 3 is 2.82 bits per heavy atom. The standard InChI is InChI=1S/C13H20ClNOS/c1-10(2)15-9-11-12(14)5-4-6-13(11)16-7-8-17-3/h4-6,10,15H,7-9H2,1-3H3. The maximum absolute atomic E-state index is 6.20. The number of thioether (sulfide) groups is 1. The highest BCUT2D eigenvalue weighted by Gasteiger charge is 2.08. The summed E-state index contributed by atoms with van der Waals surface area (Å²) in [5, 5.41) is 4.13. The summed E-state index contributed by atoms with van der Waals surface area (Å²) in [4.78, 5) is 0. The summed E-state index contributed by atoms with van der Waals surface area (Å²) in [7, 11) is 0. The van der Waals surface area contributed by atoms with Crippen molar-refractivity contribution in [2.24, 2.45) is 0 Å². The predicted molar refractivity (Wildman–Crippen MR) is 77.3 cm³/mol. The van der Waals surface area contributed by atoms with Gasteiger partial charge in [-0.15, -0.1) is 0 Å². The van der Waals surface area contributed by atoms with Gasteiger partial charge in [0.1, 0.15) is 5.75 Å². The molecule has 0 atom stereocenters. The van der Waals surface area contributed by atoms with E-state index in [1.54, 1.807) is 11.8 Å². The average Bonchev–Trinajstić information content (AvgIpc) is 2.28. The van der Waals surface area contributed by atoms with Crippen LogP contribution in [-0.2, 0) is 6.54 Å². The number of ether oxygens (including phenoxy) is 1. The number of hydrogen-bond donors (Lipinski definition) is 1. The van der Waals surface area contributed by atoms with Gasteiger partial charge in [0, 0.05) is 28.9 Å². The number of hydrogen-bond acceptors (Lipinski definition) is 3. The SMILES string of the molecule is CSCCOc1cccc(Cl)c1CNC(C)C. The third kappa shape index (κ3) is 5.19. The highest BCUT2D eigenvalue weighted by atomic mass is 35.5. The second-order valence-electron chi connectivity index (χ2n) is 4.09. The van der Waals surface area contributed by atoms with Crippen LogP contribution in [0.4, 0.5) is 0 Å². The van der Waals surface area contributed by atoms with Crippen LogP contribution in [0.5, 0.6) is 5.75 Å². The smallest absolute Gasteiger partial charge is 0.125 e. The van der Waals surface area contributed by atoms with Crippen LogP contribution in [0, 0.1) is 0 Å². The summed E-state index contributed by atoms with van der Waals surface area (Å²) in [6.45, 7) is 5.69. The van der Waals surface area contributed by atoms with Crippen LogP contribution in [-0.4, -0.2) is 24.7 Å². The summed E-state index contributed by atoms with van der Waals surface area (Å²) < 4.78 is 5.75. The van der Waals surface area contributed by atoms with Gasteiger partial charge in [0.25, 0.3) is 0 Å². The fourth-order valence-electron chi connectivity index (χ4n) is 1.39. The Hall–Kier alpha value is -0.380. The fraction of sp³-hybridized carbons (Fsp3) is 0.538. The number of rotatable bonds is 7. The molecule has 0 spiro atoms. The topological polar surface area (TPSA) is 21.3 Å². The Morgan fingerprint density at radius 2 is 2.18 bits per heavy atom. The van der Waals surface area contributed by atoms with Crippen LogP contribution in [0.25, 0.3) is 0 Å². The molecule has 0 saturated heterocycles. The van der Waals surface area contributed by atoms with Crippen molar-refractivity contribution < 1.29 is 4.74 Å². The second-order valence-corrected chi connectivity index (χ2v) is 5.49. The third-order valence-electron chi connectivity index (χ3n) is 2.31. The lowest BCUT2D eigenvalue weighted by Gasteiger charge is -2.14. The van der Waals surface area contributed by atoms with Crippen LogP contribution in [0.1, 0.15) is 19.4 Å². The van der Waals surface area contributed by atoms with E-state index in [-0.39, 0.29) is 0 Å². The molecule has 0 heterocycles. The fourth-order valence-corrected chi connectivity index (χ4v) is 1.87.